The summed E-state index contributed by atoms with van der Waals surface area (Å²) in [7, 11) is 0. The van der Waals surface area contributed by atoms with Gasteiger partial charge in [-0.05, 0) is 0 Å². The van der Waals surface area contributed by atoms with Gasteiger partial charge in [-0.2, -0.15) is 0 Å². The molecule has 0 heterocycles. The van der Waals surface area contributed by atoms with Gasteiger partial charge in [0.05, 0.1) is 4.90 Å². The highest BCUT2D eigenvalue weighted by Gasteiger charge is 2.67. The molecule has 0 bridgehead atoms. The standard InChI is InChI=1S/C8H5F6N/c9-7(10,11)15(8(12,13)14)6-4-2-1-3-5-6/h1-5H/q+1. The van der Waals surface area contributed by atoms with Crippen LogP contribution in [0.25, 0.3) is 0 Å². The number of halogens is 6. The molecule has 83 valence electrons. The van der Waals surface area contributed by atoms with E-state index in [-0.39, 0.29) is 0 Å². The summed E-state index contributed by atoms with van der Waals surface area (Å²) in [6.45, 7) is 0. The van der Waals surface area contributed by atoms with Crippen LogP contribution in [-0.2, 0) is 0 Å². The summed E-state index contributed by atoms with van der Waals surface area (Å²) in [6, 6.07) is 5.00. The number of anilines is 1. The molecule has 0 aromatic heterocycles. The van der Waals surface area contributed by atoms with Crippen molar-refractivity contribution < 1.29 is 26.3 Å². The molecule has 0 N–H and O–H groups in total. The molecule has 0 saturated carbocycles. The maximum atomic E-state index is 12.1. The largest absolute Gasteiger partial charge is 0.620 e. The van der Waals surface area contributed by atoms with Gasteiger partial charge in [-0.1, -0.05) is 18.2 Å². The molecule has 0 amide bonds. The summed E-state index contributed by atoms with van der Waals surface area (Å²) >= 11 is 0. The lowest BCUT2D eigenvalue weighted by atomic mass is 10.3. The summed E-state index contributed by atoms with van der Waals surface area (Å²) in [4.78, 5) is -1.54. The molecule has 1 nitrogen and oxygen atoms in total. The van der Waals surface area contributed by atoms with Gasteiger partial charge in [-0.3, -0.25) is 0 Å². The third-order valence-electron chi connectivity index (χ3n) is 1.52. The van der Waals surface area contributed by atoms with Gasteiger partial charge in [0.15, 0.2) is 5.69 Å². The van der Waals surface area contributed by atoms with E-state index in [1.54, 1.807) is 0 Å². The Balaban J connectivity index is 3.15. The van der Waals surface area contributed by atoms with Crippen molar-refractivity contribution in [1.82, 2.24) is 4.90 Å². The third-order valence-corrected chi connectivity index (χ3v) is 1.52. The van der Waals surface area contributed by atoms with Crippen molar-refractivity contribution in [3.05, 3.63) is 30.3 Å². The molecule has 0 aliphatic rings. The Morgan fingerprint density at radius 2 is 1.13 bits per heavy atom. The van der Waals surface area contributed by atoms with E-state index in [0.29, 0.717) is 0 Å². The number of hydrogen-bond acceptors (Lipinski definition) is 1. The Labute approximate surface area is 80.9 Å². The van der Waals surface area contributed by atoms with Crippen molar-refractivity contribution >= 4 is 5.69 Å². The summed E-state index contributed by atoms with van der Waals surface area (Å²) in [6.07, 6.45) is -11.0. The SMILES string of the molecule is FC(F)(F)[N+](c1ccccc1)C(F)(F)F. The van der Waals surface area contributed by atoms with Crippen LogP contribution in [0.4, 0.5) is 32.0 Å². The van der Waals surface area contributed by atoms with Gasteiger partial charge >= 0.3 is 12.6 Å². The average Bonchev–Trinajstić information content (AvgIpc) is 2.00. The first kappa shape index (κ1) is 11.8. The Morgan fingerprint density at radius 1 is 0.733 bits per heavy atom. The molecule has 1 aromatic carbocycles. The summed E-state index contributed by atoms with van der Waals surface area (Å²) in [5, 5.41) is 0. The van der Waals surface area contributed by atoms with E-state index in [2.05, 4.69) is 0 Å². The van der Waals surface area contributed by atoms with E-state index in [0.717, 1.165) is 24.3 Å². The Kier molecular flexibility index (Phi) is 2.94. The van der Waals surface area contributed by atoms with Crippen LogP contribution in [-0.4, -0.2) is 12.6 Å². The normalized spacial score (nSPS) is 13.3. The maximum absolute atomic E-state index is 12.1. The second kappa shape index (κ2) is 3.73. The van der Waals surface area contributed by atoms with E-state index >= 15 is 0 Å². The predicted octanol–water partition coefficient (Wildman–Crippen LogP) is 3.50. The zero-order chi connectivity index (χ0) is 11.7. The molecule has 1 rings (SSSR count). The zero-order valence-electron chi connectivity index (χ0n) is 7.10. The molecule has 0 unspecified atom stereocenters. The molecule has 0 aliphatic carbocycles. The van der Waals surface area contributed by atoms with Crippen molar-refractivity contribution in [2.75, 3.05) is 0 Å². The van der Waals surface area contributed by atoms with Crippen molar-refractivity contribution in [2.24, 2.45) is 0 Å². The van der Waals surface area contributed by atoms with Gasteiger partial charge in [-0.25, -0.2) is 0 Å². The lowest BCUT2D eigenvalue weighted by Gasteiger charge is -2.14. The fraction of sp³-hybridized carbons (Fsp3) is 0.250. The number of nitrogens with zero attached hydrogens (tertiary/aromatic N) is 1. The van der Waals surface area contributed by atoms with Gasteiger partial charge in [0, 0.05) is 12.1 Å². The molecule has 0 spiro atoms. The van der Waals surface area contributed by atoms with Gasteiger partial charge in [0.2, 0.25) is 0 Å². The van der Waals surface area contributed by atoms with Crippen LogP contribution in [0, 0.1) is 0 Å². The van der Waals surface area contributed by atoms with E-state index in [4.69, 9.17) is 0 Å². The van der Waals surface area contributed by atoms with Crippen LogP contribution in [0.3, 0.4) is 0 Å². The van der Waals surface area contributed by atoms with Crippen LogP contribution >= 0.6 is 0 Å². The van der Waals surface area contributed by atoms with Crippen molar-refractivity contribution in [3.63, 3.8) is 0 Å². The minimum absolute atomic E-state index is 0.737. The molecule has 15 heavy (non-hydrogen) atoms. The minimum Gasteiger partial charge on any atom is -0.111 e. The molecular weight excluding hydrogens is 224 g/mol. The average molecular weight is 229 g/mol. The number of hydrogen-bond donors (Lipinski definition) is 0. The van der Waals surface area contributed by atoms with E-state index in [1.165, 1.54) is 6.07 Å². The van der Waals surface area contributed by atoms with E-state index in [1.807, 2.05) is 0 Å². The van der Waals surface area contributed by atoms with Crippen LogP contribution in [0.1, 0.15) is 0 Å². The number of rotatable bonds is 1. The van der Waals surface area contributed by atoms with E-state index in [9.17, 15) is 26.3 Å². The predicted molar refractivity (Wildman–Crippen MR) is 40.3 cm³/mol. The first-order chi connectivity index (χ1) is 6.73. The Bertz CT molecular complexity index is 300. The quantitative estimate of drug-likeness (QED) is 0.395. The highest BCUT2D eigenvalue weighted by atomic mass is 19.4. The highest BCUT2D eigenvalue weighted by Crippen LogP contribution is 2.37. The zero-order valence-corrected chi connectivity index (χ0v) is 7.10. The fourth-order valence-corrected chi connectivity index (χ4v) is 1.01. The maximum Gasteiger partial charge on any atom is 0.620 e. The first-order valence-corrected chi connectivity index (χ1v) is 3.72. The smallest absolute Gasteiger partial charge is 0.111 e. The molecule has 0 fully saturated rings. The monoisotopic (exact) mass is 229 g/mol. The molecule has 1 radical (unpaired) electrons. The second-order valence-corrected chi connectivity index (χ2v) is 2.61. The van der Waals surface area contributed by atoms with Crippen molar-refractivity contribution in [3.8, 4) is 0 Å². The minimum atomic E-state index is -5.49. The first-order valence-electron chi connectivity index (χ1n) is 3.72. The van der Waals surface area contributed by atoms with Gasteiger partial charge in [0.1, 0.15) is 0 Å². The van der Waals surface area contributed by atoms with E-state index < -0.39 is 23.2 Å². The van der Waals surface area contributed by atoms with Crippen LogP contribution in [0.2, 0.25) is 0 Å². The molecule has 0 atom stereocenters. The van der Waals surface area contributed by atoms with Crippen LogP contribution < -0.4 is 4.90 Å². The fourth-order valence-electron chi connectivity index (χ4n) is 1.01. The molecule has 7 heteroatoms. The lowest BCUT2D eigenvalue weighted by molar-refractivity contribution is -0.303. The summed E-state index contributed by atoms with van der Waals surface area (Å²) in [5.41, 5.74) is -0.961. The third kappa shape index (κ3) is 2.85. The lowest BCUT2D eigenvalue weighted by Crippen LogP contribution is -2.49. The van der Waals surface area contributed by atoms with Crippen molar-refractivity contribution in [1.29, 1.82) is 0 Å². The van der Waals surface area contributed by atoms with Crippen LogP contribution in [0.5, 0.6) is 0 Å². The number of alkyl halides is 6. The summed E-state index contributed by atoms with van der Waals surface area (Å²) in [5.74, 6) is 0. The number of para-hydroxylation sites is 1. The summed E-state index contributed by atoms with van der Waals surface area (Å²) < 4.78 is 72.6. The van der Waals surface area contributed by atoms with Crippen molar-refractivity contribution in [2.45, 2.75) is 12.6 Å². The topological polar surface area (TPSA) is 5.90 Å². The molecular formula is C8H5F6N+. The van der Waals surface area contributed by atoms with Gasteiger partial charge in [-0.15, -0.1) is 26.3 Å². The molecule has 0 aliphatic heterocycles. The van der Waals surface area contributed by atoms with Gasteiger partial charge < -0.3 is 0 Å². The van der Waals surface area contributed by atoms with Crippen LogP contribution in [0.15, 0.2) is 30.3 Å². The molecule has 1 aromatic rings. The van der Waals surface area contributed by atoms with Gasteiger partial charge in [0.25, 0.3) is 0 Å². The Morgan fingerprint density at radius 3 is 1.47 bits per heavy atom. The second-order valence-electron chi connectivity index (χ2n) is 2.61. The molecule has 0 saturated heterocycles. The Hall–Kier alpha value is -1.24. The number of benzene rings is 1. The highest BCUT2D eigenvalue weighted by molar-refractivity contribution is 5.39.